The second-order valence-corrected chi connectivity index (χ2v) is 5.36. The minimum absolute atomic E-state index is 0.168. The van der Waals surface area contributed by atoms with Gasteiger partial charge >= 0.3 is 0 Å². The maximum absolute atomic E-state index is 11.8. The summed E-state index contributed by atoms with van der Waals surface area (Å²) in [6.45, 7) is 2.39. The second kappa shape index (κ2) is 5.51. The number of aromatic nitrogens is 4. The van der Waals surface area contributed by atoms with Crippen molar-refractivity contribution in [2.24, 2.45) is 0 Å². The van der Waals surface area contributed by atoms with Crippen LogP contribution in [0.4, 0.5) is 11.6 Å². The molecule has 0 aliphatic rings. The van der Waals surface area contributed by atoms with Crippen molar-refractivity contribution in [1.29, 1.82) is 0 Å². The summed E-state index contributed by atoms with van der Waals surface area (Å²) >= 11 is 0. The zero-order chi connectivity index (χ0) is 15.7. The minimum Gasteiger partial charge on any atom is -0.378 e. The molecule has 2 aromatic heterocycles. The third kappa shape index (κ3) is 2.78. The van der Waals surface area contributed by atoms with Gasteiger partial charge in [-0.3, -0.25) is 9.89 Å². The van der Waals surface area contributed by atoms with Crippen molar-refractivity contribution in [3.8, 4) is 0 Å². The van der Waals surface area contributed by atoms with Crippen LogP contribution < -0.4 is 15.8 Å². The average Bonchev–Trinajstić information content (AvgIpc) is 2.89. The Labute approximate surface area is 127 Å². The molecule has 1 aromatic carbocycles. The zero-order valence-corrected chi connectivity index (χ0v) is 12.8. The molecule has 0 unspecified atom stereocenters. The van der Waals surface area contributed by atoms with Crippen LogP contribution in [-0.4, -0.2) is 33.7 Å². The fourth-order valence-electron chi connectivity index (χ4n) is 2.17. The highest BCUT2D eigenvalue weighted by molar-refractivity contribution is 5.46. The van der Waals surface area contributed by atoms with Gasteiger partial charge in [-0.05, 0) is 24.6 Å². The molecule has 0 spiro atoms. The number of hydrogen-bond acceptors (Lipinski definition) is 5. The molecular formula is C15H18N6O. The van der Waals surface area contributed by atoms with Gasteiger partial charge in [0.25, 0.3) is 11.3 Å². The number of aromatic amines is 1. The van der Waals surface area contributed by atoms with E-state index in [0.717, 1.165) is 11.3 Å². The third-order valence-electron chi connectivity index (χ3n) is 3.37. The smallest absolute Gasteiger partial charge is 0.274 e. The van der Waals surface area contributed by atoms with E-state index in [1.54, 1.807) is 6.92 Å². The van der Waals surface area contributed by atoms with Crippen molar-refractivity contribution in [2.75, 3.05) is 24.3 Å². The lowest BCUT2D eigenvalue weighted by Gasteiger charge is -2.12. The molecule has 0 radical (unpaired) electrons. The van der Waals surface area contributed by atoms with Crippen LogP contribution in [0.5, 0.6) is 0 Å². The van der Waals surface area contributed by atoms with Crippen molar-refractivity contribution in [1.82, 2.24) is 19.6 Å². The minimum atomic E-state index is -0.168. The Morgan fingerprint density at radius 1 is 1.23 bits per heavy atom. The van der Waals surface area contributed by atoms with Crippen molar-refractivity contribution in [3.05, 3.63) is 51.9 Å². The number of aryl methyl sites for hydroxylation is 1. The molecule has 0 saturated carbocycles. The highest BCUT2D eigenvalue weighted by atomic mass is 16.1. The van der Waals surface area contributed by atoms with Crippen LogP contribution in [0.2, 0.25) is 0 Å². The number of fused-ring (bicyclic) bond motifs is 1. The molecule has 0 aliphatic carbocycles. The topological polar surface area (TPSA) is 78.3 Å². The summed E-state index contributed by atoms with van der Waals surface area (Å²) < 4.78 is 1.32. The van der Waals surface area contributed by atoms with E-state index >= 15 is 0 Å². The number of anilines is 2. The normalized spacial score (nSPS) is 10.9. The van der Waals surface area contributed by atoms with Gasteiger partial charge < -0.3 is 10.2 Å². The Balaban J connectivity index is 1.76. The fourth-order valence-corrected chi connectivity index (χ4v) is 2.17. The monoisotopic (exact) mass is 298 g/mol. The van der Waals surface area contributed by atoms with E-state index in [2.05, 4.69) is 49.5 Å². The molecule has 0 amide bonds. The molecule has 22 heavy (non-hydrogen) atoms. The van der Waals surface area contributed by atoms with Gasteiger partial charge in [0, 0.05) is 38.1 Å². The largest absolute Gasteiger partial charge is 0.378 e. The van der Waals surface area contributed by atoms with Crippen molar-refractivity contribution < 1.29 is 0 Å². The SMILES string of the molecule is Cc1cc(=O)n2[nH]c(NCc3ccc(N(C)C)cc3)nc2n1. The fraction of sp³-hybridized carbons (Fsp3) is 0.267. The molecule has 2 heterocycles. The van der Waals surface area contributed by atoms with Crippen LogP contribution >= 0.6 is 0 Å². The average molecular weight is 298 g/mol. The third-order valence-corrected chi connectivity index (χ3v) is 3.37. The lowest BCUT2D eigenvalue weighted by atomic mass is 10.2. The van der Waals surface area contributed by atoms with E-state index < -0.39 is 0 Å². The summed E-state index contributed by atoms with van der Waals surface area (Å²) in [5.41, 5.74) is 2.77. The molecule has 3 aromatic rings. The van der Waals surface area contributed by atoms with Gasteiger partial charge in [0.1, 0.15) is 0 Å². The Morgan fingerprint density at radius 2 is 1.95 bits per heavy atom. The van der Waals surface area contributed by atoms with Gasteiger partial charge in [-0.15, -0.1) is 0 Å². The predicted octanol–water partition coefficient (Wildman–Crippen LogP) is 1.40. The Bertz CT molecular complexity index is 847. The number of H-pyrrole nitrogens is 1. The highest BCUT2D eigenvalue weighted by Gasteiger charge is 2.06. The summed E-state index contributed by atoms with van der Waals surface area (Å²) in [6, 6.07) is 9.70. The lowest BCUT2D eigenvalue weighted by molar-refractivity contribution is 0.886. The first-order valence-electron chi connectivity index (χ1n) is 6.99. The van der Waals surface area contributed by atoms with Crippen LogP contribution in [0.15, 0.2) is 35.1 Å². The molecule has 3 rings (SSSR count). The number of nitrogens with zero attached hydrogens (tertiary/aromatic N) is 4. The molecule has 0 aliphatic heterocycles. The summed E-state index contributed by atoms with van der Waals surface area (Å²) in [6.07, 6.45) is 0. The van der Waals surface area contributed by atoms with E-state index in [9.17, 15) is 4.79 Å². The Morgan fingerprint density at radius 3 is 2.64 bits per heavy atom. The summed E-state index contributed by atoms with van der Waals surface area (Å²) in [5, 5.41) is 6.07. The van der Waals surface area contributed by atoms with Crippen LogP contribution in [0.1, 0.15) is 11.3 Å². The first-order valence-corrected chi connectivity index (χ1v) is 6.99. The molecule has 7 heteroatoms. The molecule has 7 nitrogen and oxygen atoms in total. The quantitative estimate of drug-likeness (QED) is 0.761. The van der Waals surface area contributed by atoms with Gasteiger partial charge in [0.15, 0.2) is 0 Å². The zero-order valence-electron chi connectivity index (χ0n) is 12.8. The number of nitrogens with one attached hydrogen (secondary N) is 2. The molecule has 0 bridgehead atoms. The first kappa shape index (κ1) is 14.1. The molecule has 0 atom stereocenters. The summed E-state index contributed by atoms with van der Waals surface area (Å²) in [7, 11) is 4.02. The molecule has 114 valence electrons. The number of rotatable bonds is 4. The van der Waals surface area contributed by atoms with Crippen LogP contribution in [0, 0.1) is 6.92 Å². The maximum atomic E-state index is 11.8. The van der Waals surface area contributed by atoms with Gasteiger partial charge in [-0.1, -0.05) is 12.1 Å². The predicted molar refractivity (Wildman–Crippen MR) is 86.4 cm³/mol. The molecule has 2 N–H and O–H groups in total. The van der Waals surface area contributed by atoms with Gasteiger partial charge in [-0.25, -0.2) is 4.98 Å². The van der Waals surface area contributed by atoms with E-state index in [-0.39, 0.29) is 5.56 Å². The van der Waals surface area contributed by atoms with Crippen LogP contribution in [0.25, 0.3) is 5.78 Å². The van der Waals surface area contributed by atoms with Gasteiger partial charge in [0.05, 0.1) is 0 Å². The van der Waals surface area contributed by atoms with Crippen LogP contribution in [-0.2, 0) is 6.54 Å². The Kier molecular flexibility index (Phi) is 3.54. The lowest BCUT2D eigenvalue weighted by Crippen LogP contribution is -2.14. The maximum Gasteiger partial charge on any atom is 0.274 e. The van der Waals surface area contributed by atoms with Crippen molar-refractivity contribution in [2.45, 2.75) is 13.5 Å². The van der Waals surface area contributed by atoms with Crippen molar-refractivity contribution >= 4 is 17.4 Å². The first-order chi connectivity index (χ1) is 10.5. The van der Waals surface area contributed by atoms with E-state index in [0.29, 0.717) is 24.0 Å². The van der Waals surface area contributed by atoms with Crippen LogP contribution in [0.3, 0.4) is 0 Å². The Hall–Kier alpha value is -2.83. The molecule has 0 saturated heterocycles. The van der Waals surface area contributed by atoms with E-state index in [1.165, 1.54) is 10.6 Å². The second-order valence-electron chi connectivity index (χ2n) is 5.36. The summed E-state index contributed by atoms with van der Waals surface area (Å²) in [4.78, 5) is 22.4. The van der Waals surface area contributed by atoms with Crippen molar-refractivity contribution in [3.63, 3.8) is 0 Å². The van der Waals surface area contributed by atoms with Gasteiger partial charge in [-0.2, -0.15) is 9.50 Å². The van der Waals surface area contributed by atoms with E-state index in [4.69, 9.17) is 0 Å². The highest BCUT2D eigenvalue weighted by Crippen LogP contribution is 2.13. The van der Waals surface area contributed by atoms with E-state index in [1.807, 2.05) is 14.1 Å². The molecular weight excluding hydrogens is 280 g/mol. The van der Waals surface area contributed by atoms with Gasteiger partial charge in [0.2, 0.25) is 5.95 Å². The standard InChI is InChI=1S/C15H18N6O/c1-10-8-13(22)21-15(17-10)18-14(19-21)16-9-11-4-6-12(7-5-11)20(2)3/h4-8H,9H2,1-3H3,(H2,16,17,18,19). The number of benzene rings is 1. The molecule has 0 fully saturated rings. The number of hydrogen-bond donors (Lipinski definition) is 2. The summed E-state index contributed by atoms with van der Waals surface area (Å²) in [5.74, 6) is 0.891.